The van der Waals surface area contributed by atoms with E-state index in [4.69, 9.17) is 9.47 Å². The van der Waals surface area contributed by atoms with E-state index in [-0.39, 0.29) is 12.8 Å². The van der Waals surface area contributed by atoms with Crippen LogP contribution in [-0.2, 0) is 14.3 Å². The van der Waals surface area contributed by atoms with Crippen molar-refractivity contribution in [2.24, 2.45) is 0 Å². The van der Waals surface area contributed by atoms with Crippen LogP contribution in [0.4, 0.5) is 0 Å². The lowest BCUT2D eigenvalue weighted by molar-refractivity contribution is -0.303. The lowest BCUT2D eigenvalue weighted by Gasteiger charge is -2.40. The predicted molar refractivity (Wildman–Crippen MR) is 279 cm³/mol. The topological polar surface area (TPSA) is 189 Å². The number of rotatable bonds is 50. The molecule has 0 aliphatic carbocycles. The summed E-state index contributed by atoms with van der Waals surface area (Å²) < 4.78 is 11.1. The minimum absolute atomic E-state index is 0.260. The average Bonchev–Trinajstić information content (AvgIpc) is 3.34. The Hall–Kier alpha value is -1.15. The number of aliphatic hydroxyl groups is 7. The number of aliphatic hydroxyl groups excluding tert-OH is 7. The van der Waals surface area contributed by atoms with Crippen molar-refractivity contribution >= 4 is 5.91 Å². The molecule has 9 atom stereocenters. The summed E-state index contributed by atoms with van der Waals surface area (Å²) in [5.74, 6) is -0.701. The number of carbonyl (C=O) groups is 1. The van der Waals surface area contributed by atoms with Gasteiger partial charge in [0.1, 0.15) is 36.6 Å². The first-order chi connectivity index (χ1) is 33.2. The number of unbranched alkanes of at least 4 members (excludes halogenated alkanes) is 36. The Kier molecular flexibility index (Phi) is 44.7. The summed E-state index contributed by atoms with van der Waals surface area (Å²) in [6, 6.07) is -1.18. The van der Waals surface area contributed by atoms with Crippen LogP contribution in [0.2, 0.25) is 0 Å². The van der Waals surface area contributed by atoms with E-state index in [1.807, 2.05) is 0 Å². The summed E-state index contributed by atoms with van der Waals surface area (Å²) in [5.41, 5.74) is 0. The maximum atomic E-state index is 13.2. The van der Waals surface area contributed by atoms with Crippen LogP contribution in [0.5, 0.6) is 0 Å². The van der Waals surface area contributed by atoms with Crippen LogP contribution in [0.3, 0.4) is 0 Å². The van der Waals surface area contributed by atoms with Crippen LogP contribution in [0.25, 0.3) is 0 Å². The summed E-state index contributed by atoms with van der Waals surface area (Å²) in [4.78, 5) is 13.2. The van der Waals surface area contributed by atoms with Crippen LogP contribution in [-0.4, -0.2) is 110 Å². The van der Waals surface area contributed by atoms with Gasteiger partial charge in [0, 0.05) is 0 Å². The lowest BCUT2D eigenvalue weighted by Crippen LogP contribution is -2.60. The molecule has 1 aliphatic heterocycles. The summed E-state index contributed by atoms with van der Waals surface area (Å²) in [6.45, 7) is 3.47. The van der Waals surface area contributed by atoms with E-state index in [9.17, 15) is 40.5 Å². The molecular formula is C57H111NO10. The van der Waals surface area contributed by atoms with Crippen LogP contribution in [0.1, 0.15) is 277 Å². The van der Waals surface area contributed by atoms with Crippen molar-refractivity contribution in [2.45, 2.75) is 332 Å². The highest BCUT2D eigenvalue weighted by atomic mass is 16.7. The van der Waals surface area contributed by atoms with Gasteiger partial charge in [0.05, 0.1) is 25.4 Å². The van der Waals surface area contributed by atoms with Crippen molar-refractivity contribution in [3.05, 3.63) is 12.2 Å². The zero-order chi connectivity index (χ0) is 49.7. The number of allylic oxidation sites excluding steroid dienone is 2. The van der Waals surface area contributed by atoms with E-state index >= 15 is 0 Å². The molecule has 0 radical (unpaired) electrons. The number of hydrogen-bond acceptors (Lipinski definition) is 10. The lowest BCUT2D eigenvalue weighted by atomic mass is 9.98. The van der Waals surface area contributed by atoms with Crippen LogP contribution < -0.4 is 5.32 Å². The van der Waals surface area contributed by atoms with Crippen LogP contribution in [0, 0.1) is 0 Å². The van der Waals surface area contributed by atoms with E-state index < -0.39 is 74.2 Å². The first-order valence-electron chi connectivity index (χ1n) is 29.1. The second-order valence-corrected chi connectivity index (χ2v) is 20.7. The smallest absolute Gasteiger partial charge is 0.249 e. The first kappa shape index (κ1) is 64.9. The molecule has 0 saturated carbocycles. The molecule has 0 aromatic heterocycles. The SMILES string of the molecule is CCCCCCCCCCCCC/C=C/CCCC(O)C(O)C(COC1OC(CO)C(O)C(O)C1O)NC(=O)C(O)CCCCCCCCCCCCCCCCCCCCCCCCCCC. The molecule has 68 heavy (non-hydrogen) atoms. The Bertz CT molecular complexity index is 1110. The van der Waals surface area contributed by atoms with E-state index in [0.717, 1.165) is 38.5 Å². The third-order valence-electron chi connectivity index (χ3n) is 14.3. The summed E-state index contributed by atoms with van der Waals surface area (Å²) in [6.07, 6.45) is 42.7. The molecule has 8 N–H and O–H groups in total. The molecule has 1 fully saturated rings. The quantitative estimate of drug-likeness (QED) is 0.0215. The molecule has 11 nitrogen and oxygen atoms in total. The normalized spacial score (nSPS) is 20.5. The Morgan fingerprint density at radius 2 is 0.868 bits per heavy atom. The Morgan fingerprint density at radius 1 is 0.500 bits per heavy atom. The standard InChI is InChI=1S/C57H111NO10/c1-3-5-7-9-11-13-15-17-19-21-22-23-24-25-26-27-28-29-31-33-35-37-39-41-43-45-50(61)56(66)58-48(47-67-57-55(65)54(64)53(63)51(46-59)68-57)52(62)49(60)44-42-40-38-36-34-32-30-20-18-16-14-12-10-8-6-4-2/h36,38,48-55,57,59-65H,3-35,37,39-47H2,1-2H3,(H,58,66)/b38-36+. The Balaban J connectivity index is 2.29. The van der Waals surface area contributed by atoms with Gasteiger partial charge >= 0.3 is 0 Å². The minimum atomic E-state index is -1.66. The van der Waals surface area contributed by atoms with Gasteiger partial charge in [-0.3, -0.25) is 4.79 Å². The zero-order valence-corrected chi connectivity index (χ0v) is 44.1. The number of hydrogen-bond donors (Lipinski definition) is 8. The molecule has 11 heteroatoms. The van der Waals surface area contributed by atoms with E-state index in [1.165, 1.54) is 199 Å². The highest BCUT2D eigenvalue weighted by Crippen LogP contribution is 2.23. The largest absolute Gasteiger partial charge is 0.394 e. The fourth-order valence-electron chi connectivity index (χ4n) is 9.56. The van der Waals surface area contributed by atoms with E-state index in [2.05, 4.69) is 31.3 Å². The molecule has 0 aromatic carbocycles. The molecule has 404 valence electrons. The average molecular weight is 971 g/mol. The molecule has 0 spiro atoms. The summed E-state index contributed by atoms with van der Waals surface area (Å²) in [7, 11) is 0. The van der Waals surface area contributed by atoms with Gasteiger partial charge in [0.15, 0.2) is 6.29 Å². The number of nitrogens with one attached hydrogen (secondary N) is 1. The van der Waals surface area contributed by atoms with Gasteiger partial charge in [-0.25, -0.2) is 0 Å². The molecule has 1 rings (SSSR count). The van der Waals surface area contributed by atoms with Gasteiger partial charge in [0.25, 0.3) is 0 Å². The van der Waals surface area contributed by atoms with Crippen molar-refractivity contribution in [2.75, 3.05) is 13.2 Å². The van der Waals surface area contributed by atoms with Gasteiger partial charge in [-0.15, -0.1) is 0 Å². The fraction of sp³-hybridized carbons (Fsp3) is 0.947. The first-order valence-corrected chi connectivity index (χ1v) is 29.1. The van der Waals surface area contributed by atoms with E-state index in [0.29, 0.717) is 12.8 Å². The van der Waals surface area contributed by atoms with Crippen molar-refractivity contribution in [3.8, 4) is 0 Å². The Labute approximate surface area is 417 Å². The maximum Gasteiger partial charge on any atom is 0.249 e. The van der Waals surface area contributed by atoms with Gasteiger partial charge in [-0.05, 0) is 38.5 Å². The molecule has 0 bridgehead atoms. The highest BCUT2D eigenvalue weighted by Gasteiger charge is 2.44. The van der Waals surface area contributed by atoms with E-state index in [1.54, 1.807) is 0 Å². The molecule has 0 aromatic rings. The van der Waals surface area contributed by atoms with Crippen LogP contribution >= 0.6 is 0 Å². The second kappa shape index (κ2) is 46.9. The maximum absolute atomic E-state index is 13.2. The Morgan fingerprint density at radius 3 is 1.26 bits per heavy atom. The fourth-order valence-corrected chi connectivity index (χ4v) is 9.56. The summed E-state index contributed by atoms with van der Waals surface area (Å²) >= 11 is 0. The third kappa shape index (κ3) is 35.1. The number of carbonyl (C=O) groups excluding carboxylic acids is 1. The molecule has 1 heterocycles. The van der Waals surface area contributed by atoms with Crippen molar-refractivity contribution < 1.29 is 50.0 Å². The van der Waals surface area contributed by atoms with Crippen molar-refractivity contribution in [1.82, 2.24) is 5.32 Å². The molecule has 1 amide bonds. The predicted octanol–water partition coefficient (Wildman–Crippen LogP) is 12.0. The minimum Gasteiger partial charge on any atom is -0.394 e. The van der Waals surface area contributed by atoms with Crippen molar-refractivity contribution in [1.29, 1.82) is 0 Å². The molecular weight excluding hydrogens is 859 g/mol. The van der Waals surface area contributed by atoms with Gasteiger partial charge in [-0.2, -0.15) is 0 Å². The summed E-state index contributed by atoms with van der Waals surface area (Å²) in [5, 5.41) is 76.1. The van der Waals surface area contributed by atoms with Gasteiger partial charge < -0.3 is 50.5 Å². The van der Waals surface area contributed by atoms with Gasteiger partial charge in [0.2, 0.25) is 5.91 Å². The molecule has 1 saturated heterocycles. The highest BCUT2D eigenvalue weighted by molar-refractivity contribution is 5.80. The molecule has 1 aliphatic rings. The monoisotopic (exact) mass is 970 g/mol. The van der Waals surface area contributed by atoms with Gasteiger partial charge in [-0.1, -0.05) is 251 Å². The number of ether oxygens (including phenoxy) is 2. The van der Waals surface area contributed by atoms with Crippen molar-refractivity contribution in [3.63, 3.8) is 0 Å². The second-order valence-electron chi connectivity index (χ2n) is 20.7. The van der Waals surface area contributed by atoms with Crippen LogP contribution in [0.15, 0.2) is 12.2 Å². The zero-order valence-electron chi connectivity index (χ0n) is 44.1. The molecule has 9 unspecified atom stereocenters. The third-order valence-corrected chi connectivity index (χ3v) is 14.3. The number of amides is 1.